The van der Waals surface area contributed by atoms with Crippen molar-refractivity contribution in [3.63, 3.8) is 0 Å². The van der Waals surface area contributed by atoms with Gasteiger partial charge in [-0.1, -0.05) is 45.9 Å². The number of carbonyl (C=O) groups is 2. The molecule has 1 aromatic carbocycles. The Balaban J connectivity index is 2.59. The van der Waals surface area contributed by atoms with Crippen molar-refractivity contribution in [1.29, 1.82) is 0 Å². The van der Waals surface area contributed by atoms with Gasteiger partial charge in [-0.2, -0.15) is 0 Å². The molecule has 0 amide bonds. The first-order valence-corrected chi connectivity index (χ1v) is 9.22. The molecule has 2 unspecified atom stereocenters. The van der Waals surface area contributed by atoms with Gasteiger partial charge in [-0.3, -0.25) is 4.79 Å². The molecular formula is C22H27FO5. The van der Waals surface area contributed by atoms with Gasteiger partial charge in [-0.05, 0) is 47.1 Å². The van der Waals surface area contributed by atoms with Crippen molar-refractivity contribution in [2.75, 3.05) is 6.61 Å². The SMILES string of the molecule is CC1C(C(=O)O)=C(CO)C(C(C)(C)C)=CC1(CCc1ccc(F)cc1)C(=O)O. The van der Waals surface area contributed by atoms with Crippen LogP contribution in [0, 0.1) is 22.6 Å². The minimum absolute atomic E-state index is 0.0589. The molecule has 3 N–H and O–H groups in total. The maximum absolute atomic E-state index is 13.2. The Morgan fingerprint density at radius 2 is 1.71 bits per heavy atom. The predicted octanol–water partition coefficient (Wildman–Crippen LogP) is 3.83. The van der Waals surface area contributed by atoms with E-state index >= 15 is 0 Å². The number of benzene rings is 1. The summed E-state index contributed by atoms with van der Waals surface area (Å²) >= 11 is 0. The van der Waals surface area contributed by atoms with Crippen molar-refractivity contribution in [2.24, 2.45) is 16.7 Å². The zero-order chi connectivity index (χ0) is 21.3. The number of carboxylic acids is 2. The highest BCUT2D eigenvalue weighted by Gasteiger charge is 2.49. The van der Waals surface area contributed by atoms with Crippen molar-refractivity contribution in [2.45, 2.75) is 40.5 Å². The van der Waals surface area contributed by atoms with Crippen LogP contribution < -0.4 is 0 Å². The lowest BCUT2D eigenvalue weighted by Crippen LogP contribution is -2.43. The average Bonchev–Trinajstić information content (AvgIpc) is 2.60. The standard InChI is InChI=1S/C22H27FO5/c1-13-18(19(25)26)16(12-24)17(21(2,3)4)11-22(13,20(27)28)10-9-14-5-7-15(23)8-6-14/h5-8,11,13,24H,9-10,12H2,1-4H3,(H,25,26)(H,27,28). The smallest absolute Gasteiger partial charge is 0.332 e. The summed E-state index contributed by atoms with van der Waals surface area (Å²) in [6, 6.07) is 5.83. The van der Waals surface area contributed by atoms with Gasteiger partial charge in [0.2, 0.25) is 0 Å². The highest BCUT2D eigenvalue weighted by Crippen LogP contribution is 2.49. The van der Waals surface area contributed by atoms with Gasteiger partial charge in [-0.25, -0.2) is 9.18 Å². The summed E-state index contributed by atoms with van der Waals surface area (Å²) in [5, 5.41) is 29.8. The van der Waals surface area contributed by atoms with E-state index in [4.69, 9.17) is 0 Å². The zero-order valence-corrected chi connectivity index (χ0v) is 16.6. The summed E-state index contributed by atoms with van der Waals surface area (Å²) in [6.07, 6.45) is 2.14. The van der Waals surface area contributed by atoms with E-state index in [0.717, 1.165) is 5.56 Å². The first-order valence-electron chi connectivity index (χ1n) is 9.22. The third kappa shape index (κ3) is 4.02. The molecule has 0 fully saturated rings. The molecule has 0 saturated heterocycles. The molecule has 6 heteroatoms. The molecular weight excluding hydrogens is 363 g/mol. The summed E-state index contributed by atoms with van der Waals surface area (Å²) in [6.45, 7) is 6.68. The maximum Gasteiger partial charge on any atom is 0.332 e. The van der Waals surface area contributed by atoms with Crippen LogP contribution in [0.5, 0.6) is 0 Å². The van der Waals surface area contributed by atoms with Crippen molar-refractivity contribution in [3.8, 4) is 0 Å². The molecule has 1 aromatic rings. The lowest BCUT2D eigenvalue weighted by atomic mass is 9.61. The lowest BCUT2D eigenvalue weighted by Gasteiger charge is -2.41. The fraction of sp³-hybridized carbons (Fsp3) is 0.455. The number of carboxylic acid groups (broad SMARTS) is 2. The molecule has 1 aliphatic rings. The Hall–Kier alpha value is -2.47. The van der Waals surface area contributed by atoms with Crippen LogP contribution in [0.25, 0.3) is 0 Å². The second kappa shape index (κ2) is 7.87. The molecule has 0 heterocycles. The molecule has 2 rings (SSSR count). The Labute approximate surface area is 164 Å². The zero-order valence-electron chi connectivity index (χ0n) is 16.6. The largest absolute Gasteiger partial charge is 0.481 e. The highest BCUT2D eigenvalue weighted by molar-refractivity contribution is 5.93. The number of hydrogen-bond donors (Lipinski definition) is 3. The van der Waals surface area contributed by atoms with Gasteiger partial charge < -0.3 is 15.3 Å². The number of aliphatic carboxylic acids is 2. The third-order valence-corrected chi connectivity index (χ3v) is 5.59. The van der Waals surface area contributed by atoms with E-state index in [0.29, 0.717) is 12.0 Å². The molecule has 1 aliphatic carbocycles. The molecule has 0 aromatic heterocycles. The quantitative estimate of drug-likeness (QED) is 0.686. The van der Waals surface area contributed by atoms with E-state index in [1.165, 1.54) is 12.1 Å². The van der Waals surface area contributed by atoms with Crippen molar-refractivity contribution >= 4 is 11.9 Å². The second-order valence-electron chi connectivity index (χ2n) is 8.36. The van der Waals surface area contributed by atoms with Crippen LogP contribution in [0.2, 0.25) is 0 Å². The number of aryl methyl sites for hydroxylation is 1. The first-order chi connectivity index (χ1) is 12.9. The second-order valence-corrected chi connectivity index (χ2v) is 8.36. The van der Waals surface area contributed by atoms with Crippen LogP contribution in [0.15, 0.2) is 47.1 Å². The van der Waals surface area contributed by atoms with Crippen LogP contribution in [0.3, 0.4) is 0 Å². The minimum atomic E-state index is -1.44. The van der Waals surface area contributed by atoms with E-state index in [2.05, 4.69) is 0 Å². The maximum atomic E-state index is 13.2. The number of rotatable bonds is 6. The normalized spacial score (nSPS) is 22.8. The van der Waals surface area contributed by atoms with Crippen LogP contribution >= 0.6 is 0 Å². The molecule has 28 heavy (non-hydrogen) atoms. The predicted molar refractivity (Wildman–Crippen MR) is 103 cm³/mol. The van der Waals surface area contributed by atoms with Gasteiger partial charge >= 0.3 is 11.9 Å². The minimum Gasteiger partial charge on any atom is -0.481 e. The van der Waals surface area contributed by atoms with E-state index in [9.17, 15) is 29.3 Å². The highest BCUT2D eigenvalue weighted by atomic mass is 19.1. The summed E-state index contributed by atoms with van der Waals surface area (Å²) < 4.78 is 13.2. The van der Waals surface area contributed by atoms with Gasteiger partial charge in [0.1, 0.15) is 5.82 Å². The number of halogens is 1. The molecule has 152 valence electrons. The molecule has 0 aliphatic heterocycles. The first kappa shape index (κ1) is 21.8. The molecule has 0 radical (unpaired) electrons. The van der Waals surface area contributed by atoms with Gasteiger partial charge in [-0.15, -0.1) is 0 Å². The fourth-order valence-electron chi connectivity index (χ4n) is 3.93. The van der Waals surface area contributed by atoms with E-state index in [1.54, 1.807) is 25.1 Å². The van der Waals surface area contributed by atoms with Gasteiger partial charge in [0.05, 0.1) is 12.0 Å². The van der Waals surface area contributed by atoms with Gasteiger partial charge in [0, 0.05) is 11.5 Å². The van der Waals surface area contributed by atoms with Crippen molar-refractivity contribution < 1.29 is 29.3 Å². The number of aliphatic hydroxyl groups is 1. The number of aliphatic hydroxyl groups excluding tert-OH is 1. The Kier molecular flexibility index (Phi) is 6.14. The molecule has 0 spiro atoms. The molecule has 5 nitrogen and oxygen atoms in total. The van der Waals surface area contributed by atoms with Crippen LogP contribution in [-0.4, -0.2) is 33.9 Å². The van der Waals surface area contributed by atoms with Gasteiger partial charge in [0.25, 0.3) is 0 Å². The Bertz CT molecular complexity index is 829. The Morgan fingerprint density at radius 3 is 2.14 bits per heavy atom. The molecule has 0 bridgehead atoms. The van der Waals surface area contributed by atoms with E-state index in [-0.39, 0.29) is 23.4 Å². The number of hydrogen-bond acceptors (Lipinski definition) is 3. The van der Waals surface area contributed by atoms with Crippen LogP contribution in [0.1, 0.15) is 39.7 Å². The Morgan fingerprint density at radius 1 is 1.14 bits per heavy atom. The van der Waals surface area contributed by atoms with E-state index in [1.807, 2.05) is 20.8 Å². The lowest BCUT2D eigenvalue weighted by molar-refractivity contribution is -0.149. The van der Waals surface area contributed by atoms with Crippen LogP contribution in [0.4, 0.5) is 4.39 Å². The summed E-state index contributed by atoms with van der Waals surface area (Å²) in [4.78, 5) is 24.4. The summed E-state index contributed by atoms with van der Waals surface area (Å²) in [5.41, 5.74) is -0.456. The third-order valence-electron chi connectivity index (χ3n) is 5.59. The summed E-state index contributed by atoms with van der Waals surface area (Å²) in [7, 11) is 0. The van der Waals surface area contributed by atoms with Gasteiger partial charge in [0.15, 0.2) is 0 Å². The fourth-order valence-corrected chi connectivity index (χ4v) is 3.93. The molecule has 2 atom stereocenters. The van der Waals surface area contributed by atoms with Crippen LogP contribution in [-0.2, 0) is 16.0 Å². The monoisotopic (exact) mass is 390 g/mol. The average molecular weight is 390 g/mol. The molecule has 0 saturated carbocycles. The van der Waals surface area contributed by atoms with Crippen molar-refractivity contribution in [1.82, 2.24) is 0 Å². The topological polar surface area (TPSA) is 94.8 Å². The summed E-state index contributed by atoms with van der Waals surface area (Å²) in [5.74, 6) is -3.55. The van der Waals surface area contributed by atoms with Crippen molar-refractivity contribution in [3.05, 3.63) is 58.4 Å². The van der Waals surface area contributed by atoms with E-state index < -0.39 is 35.3 Å².